The fourth-order valence-corrected chi connectivity index (χ4v) is 3.19. The first-order valence-electron chi connectivity index (χ1n) is 7.99. The van der Waals surface area contributed by atoms with E-state index in [1.807, 2.05) is 6.92 Å². The number of aryl methyl sites for hydroxylation is 1. The van der Waals surface area contributed by atoms with Crippen molar-refractivity contribution in [2.45, 2.75) is 19.0 Å². The van der Waals surface area contributed by atoms with Gasteiger partial charge >= 0.3 is 0 Å². The molecule has 10 heteroatoms. The van der Waals surface area contributed by atoms with E-state index in [4.69, 9.17) is 4.42 Å². The Morgan fingerprint density at radius 1 is 1.33 bits per heavy atom. The van der Waals surface area contributed by atoms with Crippen LogP contribution in [-0.4, -0.2) is 31.3 Å². The summed E-state index contributed by atoms with van der Waals surface area (Å²) < 4.78 is 7.02. The van der Waals surface area contributed by atoms with Crippen molar-refractivity contribution in [3.05, 3.63) is 51.8 Å². The number of furan rings is 1. The first-order chi connectivity index (χ1) is 12.9. The molecular weight excluding hydrogens is 370 g/mol. The zero-order valence-electron chi connectivity index (χ0n) is 14.9. The first-order valence-corrected chi connectivity index (χ1v) is 8.97. The van der Waals surface area contributed by atoms with Crippen molar-refractivity contribution < 1.29 is 14.1 Å². The van der Waals surface area contributed by atoms with Gasteiger partial charge in [-0.1, -0.05) is 17.8 Å². The molecule has 1 N–H and O–H groups in total. The smallest absolute Gasteiger partial charge is 0.293 e. The number of amides is 1. The fourth-order valence-electron chi connectivity index (χ4n) is 2.48. The number of thioether (sulfide) groups is 1. The molecule has 0 aliphatic carbocycles. The third-order valence-corrected chi connectivity index (χ3v) is 5.10. The second-order valence-corrected chi connectivity index (χ2v) is 6.78. The molecule has 9 nitrogen and oxygen atoms in total. The van der Waals surface area contributed by atoms with Crippen molar-refractivity contribution in [3.63, 3.8) is 0 Å². The highest BCUT2D eigenvalue weighted by Crippen LogP contribution is 2.30. The molecular formula is C17H17N5O4S. The predicted octanol–water partition coefficient (Wildman–Crippen LogP) is 3.33. The molecule has 3 rings (SSSR count). The number of rotatable bonds is 6. The van der Waals surface area contributed by atoms with Gasteiger partial charge in [0.15, 0.2) is 16.7 Å². The number of benzene rings is 1. The SMILES string of the molecule is Cc1ccc([N+](=O)[O-])c(NC(=O)CSc2nnc(-c3ccco3)n2C)c1C. The second kappa shape index (κ2) is 7.62. The van der Waals surface area contributed by atoms with Crippen molar-refractivity contribution in [1.29, 1.82) is 0 Å². The summed E-state index contributed by atoms with van der Waals surface area (Å²) >= 11 is 1.18. The van der Waals surface area contributed by atoms with Gasteiger partial charge in [-0.2, -0.15) is 0 Å². The second-order valence-electron chi connectivity index (χ2n) is 5.84. The molecule has 1 amide bonds. The van der Waals surface area contributed by atoms with Crippen LogP contribution in [0, 0.1) is 24.0 Å². The predicted molar refractivity (Wildman–Crippen MR) is 101 cm³/mol. The molecule has 3 aromatic rings. The van der Waals surface area contributed by atoms with Gasteiger partial charge in [0.2, 0.25) is 5.91 Å². The Balaban J connectivity index is 1.71. The van der Waals surface area contributed by atoms with E-state index in [9.17, 15) is 14.9 Å². The van der Waals surface area contributed by atoms with E-state index >= 15 is 0 Å². The van der Waals surface area contributed by atoms with Gasteiger partial charge in [-0.15, -0.1) is 10.2 Å². The van der Waals surface area contributed by atoms with Crippen LogP contribution in [0.15, 0.2) is 40.1 Å². The van der Waals surface area contributed by atoms with Crippen molar-refractivity contribution in [2.24, 2.45) is 7.05 Å². The lowest BCUT2D eigenvalue weighted by atomic mass is 10.1. The first kappa shape index (κ1) is 18.6. The molecule has 0 spiro atoms. The summed E-state index contributed by atoms with van der Waals surface area (Å²) in [4.78, 5) is 23.1. The van der Waals surface area contributed by atoms with Gasteiger partial charge in [-0.25, -0.2) is 0 Å². The van der Waals surface area contributed by atoms with Crippen LogP contribution in [0.5, 0.6) is 0 Å². The fraction of sp³-hybridized carbons (Fsp3) is 0.235. The maximum atomic E-state index is 12.3. The Labute approximate surface area is 158 Å². The number of anilines is 1. The Hall–Kier alpha value is -3.14. The average Bonchev–Trinajstić information content (AvgIpc) is 3.26. The van der Waals surface area contributed by atoms with Crippen LogP contribution in [0.1, 0.15) is 11.1 Å². The summed E-state index contributed by atoms with van der Waals surface area (Å²) in [5, 5.41) is 22.5. The summed E-state index contributed by atoms with van der Waals surface area (Å²) in [5.41, 5.74) is 1.62. The Bertz CT molecular complexity index is 997. The minimum Gasteiger partial charge on any atom is -0.461 e. The van der Waals surface area contributed by atoms with Gasteiger partial charge in [0, 0.05) is 13.1 Å². The van der Waals surface area contributed by atoms with E-state index in [1.54, 1.807) is 43.0 Å². The van der Waals surface area contributed by atoms with Crippen LogP contribution in [0.25, 0.3) is 11.6 Å². The summed E-state index contributed by atoms with van der Waals surface area (Å²) in [6.07, 6.45) is 1.54. The summed E-state index contributed by atoms with van der Waals surface area (Å²) in [5.74, 6) is 0.800. The molecule has 0 radical (unpaired) electrons. The number of carbonyl (C=O) groups is 1. The van der Waals surface area contributed by atoms with Crippen LogP contribution < -0.4 is 5.32 Å². The van der Waals surface area contributed by atoms with Gasteiger partial charge in [-0.3, -0.25) is 14.9 Å². The van der Waals surface area contributed by atoms with Gasteiger partial charge in [0.25, 0.3) is 5.69 Å². The quantitative estimate of drug-likeness (QED) is 0.392. The molecule has 0 fully saturated rings. The molecule has 1 aromatic carbocycles. The zero-order valence-corrected chi connectivity index (χ0v) is 15.7. The number of nitrogens with one attached hydrogen (secondary N) is 1. The Morgan fingerprint density at radius 3 is 2.78 bits per heavy atom. The summed E-state index contributed by atoms with van der Waals surface area (Å²) in [6, 6.07) is 6.57. The number of nitrogens with zero attached hydrogens (tertiary/aromatic N) is 4. The van der Waals surface area contributed by atoms with Crippen LogP contribution in [-0.2, 0) is 11.8 Å². The van der Waals surface area contributed by atoms with Crippen molar-refractivity contribution >= 4 is 29.0 Å². The summed E-state index contributed by atoms with van der Waals surface area (Å²) in [6.45, 7) is 3.57. The highest BCUT2D eigenvalue weighted by atomic mass is 32.2. The number of nitro groups is 1. The lowest BCUT2D eigenvalue weighted by molar-refractivity contribution is -0.384. The van der Waals surface area contributed by atoms with E-state index in [2.05, 4.69) is 15.5 Å². The van der Waals surface area contributed by atoms with Crippen LogP contribution in [0.3, 0.4) is 0 Å². The van der Waals surface area contributed by atoms with E-state index < -0.39 is 4.92 Å². The largest absolute Gasteiger partial charge is 0.461 e. The monoisotopic (exact) mass is 387 g/mol. The Morgan fingerprint density at radius 2 is 2.11 bits per heavy atom. The number of hydrogen-bond donors (Lipinski definition) is 1. The number of nitro benzene ring substituents is 1. The normalized spacial score (nSPS) is 10.8. The molecule has 2 aromatic heterocycles. The van der Waals surface area contributed by atoms with E-state index in [0.717, 1.165) is 5.56 Å². The minimum absolute atomic E-state index is 0.0364. The third kappa shape index (κ3) is 3.85. The van der Waals surface area contributed by atoms with E-state index in [1.165, 1.54) is 17.8 Å². The molecule has 0 bridgehead atoms. The molecule has 0 aliphatic heterocycles. The molecule has 0 unspecified atom stereocenters. The third-order valence-electron chi connectivity index (χ3n) is 4.08. The standard InChI is InChI=1S/C17H17N5O4S/c1-10-6-7-12(22(24)25)15(11(10)2)18-14(23)9-27-17-20-19-16(21(17)3)13-5-4-8-26-13/h4-8H,9H2,1-3H3,(H,18,23). The molecule has 27 heavy (non-hydrogen) atoms. The molecule has 2 heterocycles. The molecule has 0 aliphatic rings. The number of hydrogen-bond acceptors (Lipinski definition) is 7. The van der Waals surface area contributed by atoms with Gasteiger partial charge in [0.05, 0.1) is 16.9 Å². The molecule has 0 saturated heterocycles. The van der Waals surface area contributed by atoms with Crippen LogP contribution in [0.4, 0.5) is 11.4 Å². The average molecular weight is 387 g/mol. The Kier molecular flexibility index (Phi) is 5.26. The molecule has 0 saturated carbocycles. The topological polar surface area (TPSA) is 116 Å². The zero-order chi connectivity index (χ0) is 19.6. The number of carbonyl (C=O) groups excluding carboxylic acids is 1. The number of aromatic nitrogens is 3. The summed E-state index contributed by atoms with van der Waals surface area (Å²) in [7, 11) is 1.77. The van der Waals surface area contributed by atoms with Gasteiger partial charge in [-0.05, 0) is 37.1 Å². The van der Waals surface area contributed by atoms with Crippen LogP contribution >= 0.6 is 11.8 Å². The lowest BCUT2D eigenvalue weighted by Gasteiger charge is -2.11. The van der Waals surface area contributed by atoms with Gasteiger partial charge in [0.1, 0.15) is 5.69 Å². The maximum Gasteiger partial charge on any atom is 0.293 e. The lowest BCUT2D eigenvalue weighted by Crippen LogP contribution is -2.16. The van der Waals surface area contributed by atoms with Crippen molar-refractivity contribution in [1.82, 2.24) is 14.8 Å². The highest BCUT2D eigenvalue weighted by Gasteiger charge is 2.20. The van der Waals surface area contributed by atoms with Gasteiger partial charge < -0.3 is 14.3 Å². The minimum atomic E-state index is -0.506. The van der Waals surface area contributed by atoms with E-state index in [-0.39, 0.29) is 23.0 Å². The van der Waals surface area contributed by atoms with Crippen molar-refractivity contribution in [3.8, 4) is 11.6 Å². The molecule has 140 valence electrons. The molecule has 0 atom stereocenters. The highest BCUT2D eigenvalue weighted by molar-refractivity contribution is 7.99. The maximum absolute atomic E-state index is 12.3. The van der Waals surface area contributed by atoms with Crippen LogP contribution in [0.2, 0.25) is 0 Å². The van der Waals surface area contributed by atoms with E-state index in [0.29, 0.717) is 22.3 Å². The van der Waals surface area contributed by atoms with Crippen molar-refractivity contribution in [2.75, 3.05) is 11.1 Å².